The van der Waals surface area contributed by atoms with Crippen molar-refractivity contribution in [3.8, 4) is 5.75 Å². The summed E-state index contributed by atoms with van der Waals surface area (Å²) in [5.41, 5.74) is 1.67. The topological polar surface area (TPSA) is 35.5 Å². The third-order valence-electron chi connectivity index (χ3n) is 4.39. The van der Waals surface area contributed by atoms with Crippen molar-refractivity contribution in [2.24, 2.45) is 11.3 Å². The van der Waals surface area contributed by atoms with Crippen molar-refractivity contribution in [1.82, 2.24) is 0 Å². The predicted molar refractivity (Wildman–Crippen MR) is 89.3 cm³/mol. The van der Waals surface area contributed by atoms with E-state index >= 15 is 0 Å². The van der Waals surface area contributed by atoms with Crippen molar-refractivity contribution in [2.75, 3.05) is 7.11 Å². The van der Waals surface area contributed by atoms with E-state index in [0.29, 0.717) is 0 Å². The smallest absolute Gasteiger partial charge is 0.404 e. The van der Waals surface area contributed by atoms with Gasteiger partial charge in [0.05, 0.1) is 7.11 Å². The van der Waals surface area contributed by atoms with Crippen molar-refractivity contribution in [2.45, 2.75) is 39.7 Å². The average molecular weight is 323 g/mol. The van der Waals surface area contributed by atoms with Gasteiger partial charge in [0.2, 0.25) is 0 Å². The SMILES string of the molecule is CCCC(=CC1C(OC(=O)Cl)C1(C)C)c1ccc(OC)cc1. The highest BCUT2D eigenvalue weighted by atomic mass is 35.5. The molecule has 0 saturated heterocycles. The van der Waals surface area contributed by atoms with Gasteiger partial charge in [-0.2, -0.15) is 0 Å². The monoisotopic (exact) mass is 322 g/mol. The maximum absolute atomic E-state index is 11.0. The Morgan fingerprint density at radius 3 is 2.45 bits per heavy atom. The Morgan fingerprint density at radius 2 is 1.95 bits per heavy atom. The first kappa shape index (κ1) is 16.9. The fourth-order valence-electron chi connectivity index (χ4n) is 2.87. The third kappa shape index (κ3) is 3.64. The summed E-state index contributed by atoms with van der Waals surface area (Å²) >= 11 is 5.36. The molecule has 22 heavy (non-hydrogen) atoms. The summed E-state index contributed by atoms with van der Waals surface area (Å²) in [7, 11) is 1.66. The quantitative estimate of drug-likeness (QED) is 0.668. The van der Waals surface area contributed by atoms with Gasteiger partial charge in [-0.1, -0.05) is 45.4 Å². The Labute approximate surface area is 137 Å². The standard InChI is InChI=1S/C18H23ClO3/c1-5-6-13(12-7-9-14(21-4)10-8-12)11-15-16(18(15,2)3)22-17(19)20/h7-11,15-16H,5-6H2,1-4H3. The fourth-order valence-corrected chi connectivity index (χ4v) is 2.97. The molecule has 1 saturated carbocycles. The van der Waals surface area contributed by atoms with Crippen molar-refractivity contribution in [3.63, 3.8) is 0 Å². The molecule has 4 heteroatoms. The Hall–Kier alpha value is -1.48. The van der Waals surface area contributed by atoms with E-state index < -0.39 is 5.43 Å². The van der Waals surface area contributed by atoms with Crippen molar-refractivity contribution < 1.29 is 14.3 Å². The zero-order chi connectivity index (χ0) is 16.3. The van der Waals surface area contributed by atoms with E-state index in [-0.39, 0.29) is 17.4 Å². The predicted octanol–water partition coefficient (Wildman–Crippen LogP) is 5.28. The molecule has 0 bridgehead atoms. The summed E-state index contributed by atoms with van der Waals surface area (Å²) in [6.07, 6.45) is 4.14. The van der Waals surface area contributed by atoms with Gasteiger partial charge in [0.15, 0.2) is 0 Å². The van der Waals surface area contributed by atoms with E-state index in [1.54, 1.807) is 7.11 Å². The van der Waals surface area contributed by atoms with Crippen LogP contribution < -0.4 is 4.74 Å². The molecular weight excluding hydrogens is 300 g/mol. The lowest BCUT2D eigenvalue weighted by molar-refractivity contribution is 0.150. The first-order valence-electron chi connectivity index (χ1n) is 7.61. The molecule has 1 aliphatic carbocycles. The molecule has 2 unspecified atom stereocenters. The van der Waals surface area contributed by atoms with Crippen LogP contribution in [-0.4, -0.2) is 18.6 Å². The number of halogens is 1. The Bertz CT molecular complexity index is 560. The first-order valence-corrected chi connectivity index (χ1v) is 7.99. The zero-order valence-corrected chi connectivity index (χ0v) is 14.3. The van der Waals surface area contributed by atoms with Crippen LogP contribution in [0.3, 0.4) is 0 Å². The Balaban J connectivity index is 2.22. The second-order valence-corrected chi connectivity index (χ2v) is 6.60. The highest BCUT2D eigenvalue weighted by Gasteiger charge is 2.59. The molecule has 0 radical (unpaired) electrons. The van der Waals surface area contributed by atoms with Crippen molar-refractivity contribution in [3.05, 3.63) is 35.9 Å². The number of carbonyl (C=O) groups excluding carboxylic acids is 1. The molecule has 2 rings (SSSR count). The number of carbonyl (C=O) groups is 1. The van der Waals surface area contributed by atoms with E-state index in [1.807, 2.05) is 12.1 Å². The number of hydrogen-bond donors (Lipinski definition) is 0. The maximum Gasteiger partial charge on any atom is 0.404 e. The zero-order valence-electron chi connectivity index (χ0n) is 13.6. The van der Waals surface area contributed by atoms with E-state index in [4.69, 9.17) is 21.1 Å². The van der Waals surface area contributed by atoms with Crippen LogP contribution in [0.1, 0.15) is 39.2 Å². The van der Waals surface area contributed by atoms with Crippen LogP contribution in [0.4, 0.5) is 4.79 Å². The van der Waals surface area contributed by atoms with E-state index in [9.17, 15) is 4.79 Å². The molecule has 3 nitrogen and oxygen atoms in total. The Kier molecular flexibility index (Phi) is 5.17. The second kappa shape index (κ2) is 6.74. The number of hydrogen-bond acceptors (Lipinski definition) is 3. The summed E-state index contributed by atoms with van der Waals surface area (Å²) in [4.78, 5) is 11.0. The number of benzene rings is 1. The lowest BCUT2D eigenvalue weighted by Crippen LogP contribution is -2.03. The molecule has 0 spiro atoms. The maximum atomic E-state index is 11.0. The number of ether oxygens (including phenoxy) is 2. The number of methoxy groups -OCH3 is 1. The van der Waals surface area contributed by atoms with Gasteiger partial charge >= 0.3 is 5.43 Å². The third-order valence-corrected chi connectivity index (χ3v) is 4.48. The van der Waals surface area contributed by atoms with Crippen LogP contribution in [0.2, 0.25) is 0 Å². The molecule has 0 aromatic heterocycles. The molecule has 120 valence electrons. The highest BCUT2D eigenvalue weighted by Crippen LogP contribution is 2.56. The van der Waals surface area contributed by atoms with Gasteiger partial charge in [0, 0.05) is 22.9 Å². The minimum Gasteiger partial charge on any atom is -0.497 e. The minimum absolute atomic E-state index is 0.0595. The van der Waals surface area contributed by atoms with Gasteiger partial charge in [0.25, 0.3) is 0 Å². The van der Waals surface area contributed by atoms with Gasteiger partial charge in [0.1, 0.15) is 11.9 Å². The molecule has 0 N–H and O–H groups in total. The van der Waals surface area contributed by atoms with Crippen LogP contribution in [0, 0.1) is 11.3 Å². The Morgan fingerprint density at radius 1 is 1.32 bits per heavy atom. The molecule has 0 aliphatic heterocycles. The van der Waals surface area contributed by atoms with Crippen molar-refractivity contribution in [1.29, 1.82) is 0 Å². The van der Waals surface area contributed by atoms with Crippen LogP contribution in [0.15, 0.2) is 30.3 Å². The number of rotatable bonds is 6. The van der Waals surface area contributed by atoms with Gasteiger partial charge < -0.3 is 9.47 Å². The van der Waals surface area contributed by atoms with Gasteiger partial charge in [-0.25, -0.2) is 4.79 Å². The second-order valence-electron chi connectivity index (χ2n) is 6.29. The summed E-state index contributed by atoms with van der Waals surface area (Å²) in [5, 5.41) is 0. The first-order chi connectivity index (χ1) is 10.4. The fraction of sp³-hybridized carbons (Fsp3) is 0.500. The van der Waals surface area contributed by atoms with E-state index in [1.165, 1.54) is 11.1 Å². The lowest BCUT2D eigenvalue weighted by atomic mass is 9.98. The van der Waals surface area contributed by atoms with Crippen LogP contribution >= 0.6 is 11.6 Å². The van der Waals surface area contributed by atoms with Gasteiger partial charge in [-0.3, -0.25) is 0 Å². The molecule has 1 fully saturated rings. The van der Waals surface area contributed by atoms with E-state index in [2.05, 4.69) is 39.0 Å². The molecule has 1 aromatic carbocycles. The van der Waals surface area contributed by atoms with Gasteiger partial charge in [-0.15, -0.1) is 0 Å². The minimum atomic E-state index is -0.726. The molecule has 0 amide bonds. The molecule has 1 aliphatic rings. The molecule has 2 atom stereocenters. The van der Waals surface area contributed by atoms with Crippen LogP contribution in [0.5, 0.6) is 5.75 Å². The molecule has 1 aromatic rings. The largest absolute Gasteiger partial charge is 0.497 e. The highest BCUT2D eigenvalue weighted by molar-refractivity contribution is 6.61. The van der Waals surface area contributed by atoms with Crippen molar-refractivity contribution >= 4 is 22.6 Å². The summed E-state index contributed by atoms with van der Waals surface area (Å²) in [6.45, 7) is 6.35. The summed E-state index contributed by atoms with van der Waals surface area (Å²) < 4.78 is 10.4. The average Bonchev–Trinajstić information content (AvgIpc) is 2.98. The normalized spacial score (nSPS) is 23.0. The van der Waals surface area contributed by atoms with Gasteiger partial charge in [-0.05, 0) is 29.7 Å². The van der Waals surface area contributed by atoms with Crippen LogP contribution in [0.25, 0.3) is 5.57 Å². The lowest BCUT2D eigenvalue weighted by Gasteiger charge is -2.08. The number of allylic oxidation sites excluding steroid dienone is 1. The molecular formula is C18H23ClO3. The van der Waals surface area contributed by atoms with E-state index in [0.717, 1.165) is 18.6 Å². The molecule has 0 heterocycles. The summed E-state index contributed by atoms with van der Waals surface area (Å²) in [6, 6.07) is 8.07. The summed E-state index contributed by atoms with van der Waals surface area (Å²) in [5.74, 6) is 1.05. The van der Waals surface area contributed by atoms with Crippen LogP contribution in [-0.2, 0) is 4.74 Å².